The maximum atomic E-state index is 11.5. The molecule has 0 aliphatic carbocycles. The van der Waals surface area contributed by atoms with Crippen LogP contribution in [0.2, 0.25) is 0 Å². The van der Waals surface area contributed by atoms with Gasteiger partial charge in [-0.3, -0.25) is 0 Å². The van der Waals surface area contributed by atoms with E-state index in [-0.39, 0.29) is 84.3 Å². The molecular formula is C35H64O10. The van der Waals surface area contributed by atoms with Crippen molar-refractivity contribution in [2.24, 2.45) is 35.5 Å². The van der Waals surface area contributed by atoms with Crippen molar-refractivity contribution in [2.75, 3.05) is 0 Å². The summed E-state index contributed by atoms with van der Waals surface area (Å²) in [7, 11) is 0. The molecule has 10 heteroatoms. The van der Waals surface area contributed by atoms with Gasteiger partial charge in [-0.05, 0) is 44.4 Å². The molecule has 45 heavy (non-hydrogen) atoms. The Bertz CT molecular complexity index is 900. The maximum absolute atomic E-state index is 11.5. The van der Waals surface area contributed by atoms with Crippen LogP contribution in [0.5, 0.6) is 0 Å². The van der Waals surface area contributed by atoms with Crippen molar-refractivity contribution in [2.45, 2.75) is 188 Å². The minimum atomic E-state index is -0.912. The molecule has 0 amide bonds. The zero-order valence-corrected chi connectivity index (χ0v) is 29.6. The fourth-order valence-corrected chi connectivity index (χ4v) is 7.89. The first-order valence-electron chi connectivity index (χ1n) is 17.9. The van der Waals surface area contributed by atoms with Gasteiger partial charge in [-0.2, -0.15) is 0 Å². The van der Waals surface area contributed by atoms with Crippen LogP contribution < -0.4 is 0 Å². The standard InChI is InChI=1S/C35H64O10/c1-12-23-28(37)16(5)18(7)33(40-23)44-32-21(10)29(38)35(42-26(32)15-4)45-30-17(6)19(8)34(41-25(30)14-3)43-31-20(9)27(36)22(11)39-24(31)13-2/h16-38H,12-15H2,1-11H3/t16?,17-,18?,19?,20-,21?,22+,23?,24?,25?,26?,27?,28+,29?,30+,31+,32+,33-,34+,35+/m1/s1. The lowest BCUT2D eigenvalue weighted by atomic mass is 9.82. The summed E-state index contributed by atoms with van der Waals surface area (Å²) in [6.07, 6.45) is -3.15. The van der Waals surface area contributed by atoms with E-state index in [2.05, 4.69) is 34.6 Å². The molecule has 4 aliphatic heterocycles. The molecule has 4 saturated heterocycles. The molecule has 4 heterocycles. The molecular weight excluding hydrogens is 580 g/mol. The van der Waals surface area contributed by atoms with Crippen LogP contribution in [0.4, 0.5) is 0 Å². The summed E-state index contributed by atoms with van der Waals surface area (Å²) < 4.78 is 45.2. The molecule has 10 nitrogen and oxygen atoms in total. The molecule has 3 N–H and O–H groups in total. The molecule has 0 aromatic heterocycles. The Balaban J connectivity index is 1.43. The highest BCUT2D eigenvalue weighted by atomic mass is 16.7. The third-order valence-corrected chi connectivity index (χ3v) is 11.7. The second-order valence-corrected chi connectivity index (χ2v) is 14.6. The van der Waals surface area contributed by atoms with Gasteiger partial charge >= 0.3 is 0 Å². The van der Waals surface area contributed by atoms with E-state index in [0.29, 0.717) is 19.3 Å². The van der Waals surface area contributed by atoms with E-state index in [0.717, 1.165) is 6.42 Å². The Morgan fingerprint density at radius 3 is 1.29 bits per heavy atom. The van der Waals surface area contributed by atoms with Crippen LogP contribution in [-0.4, -0.2) is 101 Å². The molecule has 0 aromatic carbocycles. The van der Waals surface area contributed by atoms with Crippen molar-refractivity contribution in [1.29, 1.82) is 0 Å². The van der Waals surface area contributed by atoms with Crippen LogP contribution in [0, 0.1) is 35.5 Å². The van der Waals surface area contributed by atoms with Gasteiger partial charge in [0.2, 0.25) is 0 Å². The van der Waals surface area contributed by atoms with Crippen LogP contribution >= 0.6 is 0 Å². The number of aliphatic hydroxyl groups is 3. The highest BCUT2D eigenvalue weighted by Gasteiger charge is 2.51. The van der Waals surface area contributed by atoms with Gasteiger partial charge in [0, 0.05) is 23.7 Å². The van der Waals surface area contributed by atoms with Crippen molar-refractivity contribution in [1.82, 2.24) is 0 Å². The van der Waals surface area contributed by atoms with Gasteiger partial charge in [-0.25, -0.2) is 0 Å². The van der Waals surface area contributed by atoms with Crippen molar-refractivity contribution in [3.8, 4) is 0 Å². The van der Waals surface area contributed by atoms with Crippen molar-refractivity contribution < 1.29 is 48.5 Å². The minimum absolute atomic E-state index is 0.0102. The van der Waals surface area contributed by atoms with E-state index in [1.807, 2.05) is 41.5 Å². The largest absolute Gasteiger partial charge is 0.390 e. The molecule has 0 bridgehead atoms. The maximum Gasteiger partial charge on any atom is 0.184 e. The third-order valence-electron chi connectivity index (χ3n) is 11.7. The topological polar surface area (TPSA) is 125 Å². The van der Waals surface area contributed by atoms with Crippen molar-refractivity contribution in [3.05, 3.63) is 0 Å². The fraction of sp³-hybridized carbons (Fsp3) is 1.00. The van der Waals surface area contributed by atoms with Crippen LogP contribution in [0.15, 0.2) is 0 Å². The summed E-state index contributed by atoms with van der Waals surface area (Å²) in [5, 5.41) is 32.9. The average Bonchev–Trinajstić information content (AvgIpc) is 3.03. The lowest BCUT2D eigenvalue weighted by Gasteiger charge is -2.51. The Morgan fingerprint density at radius 1 is 0.400 bits per heavy atom. The summed E-state index contributed by atoms with van der Waals surface area (Å²) in [6, 6.07) is 0. The first-order chi connectivity index (χ1) is 21.3. The van der Waals surface area contributed by atoms with E-state index in [1.54, 1.807) is 0 Å². The van der Waals surface area contributed by atoms with Gasteiger partial charge < -0.3 is 48.5 Å². The quantitative estimate of drug-likeness (QED) is 0.310. The summed E-state index contributed by atoms with van der Waals surface area (Å²) in [5.41, 5.74) is 0. The van der Waals surface area contributed by atoms with Crippen molar-refractivity contribution >= 4 is 0 Å². The number of hydrogen-bond acceptors (Lipinski definition) is 10. The molecule has 0 spiro atoms. The fourth-order valence-electron chi connectivity index (χ4n) is 7.89. The van der Waals surface area contributed by atoms with Gasteiger partial charge in [-0.15, -0.1) is 0 Å². The summed E-state index contributed by atoms with van der Waals surface area (Å²) in [4.78, 5) is 0. The molecule has 0 saturated carbocycles. The van der Waals surface area contributed by atoms with Crippen molar-refractivity contribution in [3.63, 3.8) is 0 Å². The van der Waals surface area contributed by atoms with Crippen LogP contribution in [0.3, 0.4) is 0 Å². The van der Waals surface area contributed by atoms with E-state index < -0.39 is 37.2 Å². The Morgan fingerprint density at radius 2 is 0.778 bits per heavy atom. The predicted molar refractivity (Wildman–Crippen MR) is 169 cm³/mol. The predicted octanol–water partition coefficient (Wildman–Crippen LogP) is 4.64. The van der Waals surface area contributed by atoms with Gasteiger partial charge in [0.15, 0.2) is 18.9 Å². The Kier molecular flexibility index (Phi) is 13.2. The Labute approximate surface area is 271 Å². The van der Waals surface area contributed by atoms with Gasteiger partial charge in [0.25, 0.3) is 0 Å². The molecule has 10 unspecified atom stereocenters. The number of aliphatic hydroxyl groups excluding tert-OH is 3. The molecule has 0 aromatic rings. The first kappa shape index (κ1) is 37.4. The molecule has 20 atom stereocenters. The lowest BCUT2D eigenvalue weighted by Crippen LogP contribution is -2.61. The molecule has 0 radical (unpaired) electrons. The highest BCUT2D eigenvalue weighted by molar-refractivity contribution is 4.94. The summed E-state index contributed by atoms with van der Waals surface area (Å²) >= 11 is 0. The number of hydrogen-bond donors (Lipinski definition) is 3. The molecule has 4 aliphatic rings. The normalized spacial score (nSPS) is 52.9. The second-order valence-electron chi connectivity index (χ2n) is 14.6. The second kappa shape index (κ2) is 15.9. The van der Waals surface area contributed by atoms with Crippen LogP contribution in [-0.2, 0) is 33.2 Å². The van der Waals surface area contributed by atoms with E-state index in [1.165, 1.54) is 0 Å². The van der Waals surface area contributed by atoms with Gasteiger partial charge in [0.1, 0.15) is 6.10 Å². The first-order valence-corrected chi connectivity index (χ1v) is 17.9. The van der Waals surface area contributed by atoms with Gasteiger partial charge in [-0.1, -0.05) is 69.2 Å². The zero-order chi connectivity index (χ0) is 33.3. The SMILES string of the molecule is CCC1O[C@H](O[C@@H]2C(CC)O[C@@H](O[C@@H]3C(CC)O[C@@H](O[C@@H]4C(CC)O[C@@H](C)C(O)[C@H]4C)C(C)[C@H]3C)C(O)C2C)C(C)C(C)[C@@H]1O. The minimum Gasteiger partial charge on any atom is -0.390 e. The molecule has 4 rings (SSSR count). The molecule has 264 valence electrons. The zero-order valence-electron chi connectivity index (χ0n) is 29.6. The van der Waals surface area contributed by atoms with Crippen LogP contribution in [0.1, 0.15) is 102 Å². The number of rotatable bonds is 10. The lowest BCUT2D eigenvalue weighted by molar-refractivity contribution is -0.363. The van der Waals surface area contributed by atoms with Gasteiger partial charge in [0.05, 0.1) is 61.0 Å². The monoisotopic (exact) mass is 644 g/mol. The number of ether oxygens (including phenoxy) is 7. The van der Waals surface area contributed by atoms with E-state index in [9.17, 15) is 15.3 Å². The smallest absolute Gasteiger partial charge is 0.184 e. The van der Waals surface area contributed by atoms with Crippen LogP contribution in [0.25, 0.3) is 0 Å². The third kappa shape index (κ3) is 7.61. The highest BCUT2D eigenvalue weighted by Crippen LogP contribution is 2.42. The van der Waals surface area contributed by atoms with E-state index in [4.69, 9.17) is 33.2 Å². The summed E-state index contributed by atoms with van der Waals surface area (Å²) in [5.74, 6) is -0.304. The summed E-state index contributed by atoms with van der Waals surface area (Å²) in [6.45, 7) is 22.5. The molecule has 4 fully saturated rings. The average molecular weight is 645 g/mol. The Hall–Kier alpha value is -0.400. The van der Waals surface area contributed by atoms with E-state index >= 15 is 0 Å².